The largest absolute Gasteiger partial charge is 0.340 e. The SMILES string of the molecule is C#CN(C(=O)NC(=O)c1ccccc1)c1ccccc1. The van der Waals surface area contributed by atoms with Crippen molar-refractivity contribution >= 4 is 17.6 Å². The number of benzene rings is 2. The number of imide groups is 1. The summed E-state index contributed by atoms with van der Waals surface area (Å²) >= 11 is 0. The van der Waals surface area contributed by atoms with Crippen molar-refractivity contribution in [2.75, 3.05) is 4.90 Å². The van der Waals surface area contributed by atoms with Crippen LogP contribution in [0.15, 0.2) is 60.7 Å². The second-order valence-corrected chi connectivity index (χ2v) is 3.93. The zero-order valence-corrected chi connectivity index (χ0v) is 10.6. The Kier molecular flexibility index (Phi) is 4.15. The van der Waals surface area contributed by atoms with Gasteiger partial charge in [-0.05, 0) is 24.3 Å². The van der Waals surface area contributed by atoms with Crippen molar-refractivity contribution in [3.8, 4) is 12.5 Å². The van der Waals surface area contributed by atoms with E-state index >= 15 is 0 Å². The van der Waals surface area contributed by atoms with Crippen LogP contribution in [0.1, 0.15) is 10.4 Å². The van der Waals surface area contributed by atoms with Crippen molar-refractivity contribution in [1.29, 1.82) is 0 Å². The summed E-state index contributed by atoms with van der Waals surface area (Å²) < 4.78 is 0. The number of nitrogens with zero attached hydrogens (tertiary/aromatic N) is 1. The fraction of sp³-hybridized carbons (Fsp3) is 0. The van der Waals surface area contributed by atoms with Crippen LogP contribution < -0.4 is 10.2 Å². The molecule has 0 radical (unpaired) electrons. The zero-order valence-electron chi connectivity index (χ0n) is 10.6. The molecule has 4 heteroatoms. The number of carbonyl (C=O) groups excluding carboxylic acids is 2. The third-order valence-electron chi connectivity index (χ3n) is 2.60. The molecule has 20 heavy (non-hydrogen) atoms. The predicted molar refractivity (Wildman–Crippen MR) is 77.1 cm³/mol. The summed E-state index contributed by atoms with van der Waals surface area (Å²) in [6.07, 6.45) is 5.32. The molecule has 1 N–H and O–H groups in total. The Morgan fingerprint density at radius 3 is 2.05 bits per heavy atom. The van der Waals surface area contributed by atoms with Crippen molar-refractivity contribution in [2.24, 2.45) is 0 Å². The Bertz CT molecular complexity index is 645. The van der Waals surface area contributed by atoms with Gasteiger partial charge in [0, 0.05) is 11.6 Å². The second kappa shape index (κ2) is 6.21. The van der Waals surface area contributed by atoms with Gasteiger partial charge in [0.15, 0.2) is 0 Å². The summed E-state index contributed by atoms with van der Waals surface area (Å²) in [6.45, 7) is 0. The first-order valence-corrected chi connectivity index (χ1v) is 5.94. The van der Waals surface area contributed by atoms with E-state index in [4.69, 9.17) is 6.42 Å². The Morgan fingerprint density at radius 1 is 0.950 bits per heavy atom. The minimum absolute atomic E-state index is 0.394. The quantitative estimate of drug-likeness (QED) is 0.669. The van der Waals surface area contributed by atoms with Gasteiger partial charge in [-0.2, -0.15) is 0 Å². The molecule has 0 aromatic heterocycles. The van der Waals surface area contributed by atoms with E-state index < -0.39 is 11.9 Å². The van der Waals surface area contributed by atoms with E-state index in [2.05, 4.69) is 11.4 Å². The van der Waals surface area contributed by atoms with E-state index in [0.717, 1.165) is 4.90 Å². The van der Waals surface area contributed by atoms with E-state index in [0.29, 0.717) is 11.3 Å². The Labute approximate surface area is 117 Å². The van der Waals surface area contributed by atoms with Gasteiger partial charge in [0.2, 0.25) is 0 Å². The second-order valence-electron chi connectivity index (χ2n) is 3.93. The highest BCUT2D eigenvalue weighted by Crippen LogP contribution is 2.12. The fourth-order valence-electron chi connectivity index (χ4n) is 1.64. The normalized spacial score (nSPS) is 9.35. The van der Waals surface area contributed by atoms with E-state index in [1.165, 1.54) is 0 Å². The smallest absolute Gasteiger partial charge is 0.273 e. The molecule has 0 bridgehead atoms. The molecule has 0 saturated heterocycles. The Morgan fingerprint density at radius 2 is 1.50 bits per heavy atom. The maximum atomic E-state index is 12.0. The number of rotatable bonds is 2. The highest BCUT2D eigenvalue weighted by molar-refractivity contribution is 6.09. The van der Waals surface area contributed by atoms with Crippen LogP contribution in [0.5, 0.6) is 0 Å². The molecule has 2 aromatic carbocycles. The van der Waals surface area contributed by atoms with Gasteiger partial charge >= 0.3 is 6.03 Å². The fourth-order valence-corrected chi connectivity index (χ4v) is 1.64. The summed E-state index contributed by atoms with van der Waals surface area (Å²) in [5.41, 5.74) is 0.916. The zero-order chi connectivity index (χ0) is 14.4. The monoisotopic (exact) mass is 264 g/mol. The summed E-state index contributed by atoms with van der Waals surface area (Å²) in [6, 6.07) is 18.7. The average Bonchev–Trinajstić information content (AvgIpc) is 2.50. The van der Waals surface area contributed by atoms with Crippen LogP contribution >= 0.6 is 0 Å². The topological polar surface area (TPSA) is 49.4 Å². The molecular formula is C16H12N2O2. The van der Waals surface area contributed by atoms with E-state index in [-0.39, 0.29) is 0 Å². The first kappa shape index (κ1) is 13.4. The molecule has 2 aromatic rings. The molecule has 0 aliphatic heterocycles. The summed E-state index contributed by atoms with van der Waals surface area (Å²) in [7, 11) is 0. The van der Waals surface area contributed by atoms with Gasteiger partial charge in [-0.3, -0.25) is 10.1 Å². The predicted octanol–water partition coefficient (Wildman–Crippen LogP) is 2.63. The van der Waals surface area contributed by atoms with Crippen LogP contribution in [0.2, 0.25) is 0 Å². The number of para-hydroxylation sites is 1. The Balaban J connectivity index is 2.12. The number of terminal acetylenes is 1. The Hall–Kier alpha value is -3.06. The molecule has 0 heterocycles. The lowest BCUT2D eigenvalue weighted by Crippen LogP contribution is -2.40. The van der Waals surface area contributed by atoms with Gasteiger partial charge in [-0.25, -0.2) is 9.69 Å². The van der Waals surface area contributed by atoms with E-state index in [1.807, 2.05) is 6.07 Å². The number of nitrogens with one attached hydrogen (secondary N) is 1. The summed E-state index contributed by atoms with van der Waals surface area (Å²) in [5.74, 6) is -0.494. The number of urea groups is 1. The van der Waals surface area contributed by atoms with Crippen LogP contribution in [-0.4, -0.2) is 11.9 Å². The van der Waals surface area contributed by atoms with Crippen LogP contribution in [0.3, 0.4) is 0 Å². The van der Waals surface area contributed by atoms with Gasteiger partial charge < -0.3 is 0 Å². The first-order valence-electron chi connectivity index (χ1n) is 5.94. The maximum absolute atomic E-state index is 12.0. The lowest BCUT2D eigenvalue weighted by molar-refractivity contribution is 0.0966. The standard InChI is InChI=1S/C16H12N2O2/c1-2-18(14-11-7-4-8-12-14)16(20)17-15(19)13-9-5-3-6-10-13/h1,3-12H,(H,17,19,20). The lowest BCUT2D eigenvalue weighted by atomic mass is 10.2. The van der Waals surface area contributed by atoms with E-state index in [9.17, 15) is 9.59 Å². The maximum Gasteiger partial charge on any atom is 0.340 e. The minimum Gasteiger partial charge on any atom is -0.273 e. The van der Waals surface area contributed by atoms with Gasteiger partial charge in [0.25, 0.3) is 5.91 Å². The summed E-state index contributed by atoms with van der Waals surface area (Å²) in [5, 5.41) is 2.25. The van der Waals surface area contributed by atoms with Crippen molar-refractivity contribution in [2.45, 2.75) is 0 Å². The van der Waals surface area contributed by atoms with Gasteiger partial charge in [0.05, 0.1) is 5.69 Å². The highest BCUT2D eigenvalue weighted by Gasteiger charge is 2.16. The van der Waals surface area contributed by atoms with Crippen molar-refractivity contribution < 1.29 is 9.59 Å². The molecule has 0 unspecified atom stereocenters. The summed E-state index contributed by atoms with van der Waals surface area (Å²) in [4.78, 5) is 24.9. The number of amides is 3. The molecule has 0 fully saturated rings. The molecule has 0 atom stereocenters. The number of hydrogen-bond donors (Lipinski definition) is 1. The molecule has 3 amide bonds. The third-order valence-corrected chi connectivity index (χ3v) is 2.60. The third kappa shape index (κ3) is 3.03. The van der Waals surface area contributed by atoms with E-state index in [1.54, 1.807) is 54.6 Å². The number of carbonyl (C=O) groups is 2. The molecule has 0 saturated carbocycles. The average molecular weight is 264 g/mol. The molecule has 0 aliphatic carbocycles. The van der Waals surface area contributed by atoms with Crippen molar-refractivity contribution in [3.05, 3.63) is 66.2 Å². The number of hydrogen-bond acceptors (Lipinski definition) is 2. The molecular weight excluding hydrogens is 252 g/mol. The van der Waals surface area contributed by atoms with Crippen molar-refractivity contribution in [1.82, 2.24) is 5.32 Å². The van der Waals surface area contributed by atoms with Crippen LogP contribution in [0.4, 0.5) is 10.5 Å². The molecule has 0 aliphatic rings. The molecule has 4 nitrogen and oxygen atoms in total. The number of anilines is 1. The first-order chi connectivity index (χ1) is 9.72. The molecule has 98 valence electrons. The molecule has 0 spiro atoms. The van der Waals surface area contributed by atoms with Crippen LogP contribution in [-0.2, 0) is 0 Å². The van der Waals surface area contributed by atoms with Crippen LogP contribution in [0.25, 0.3) is 0 Å². The minimum atomic E-state index is -0.660. The molecule has 2 rings (SSSR count). The van der Waals surface area contributed by atoms with Crippen LogP contribution in [0, 0.1) is 12.5 Å². The van der Waals surface area contributed by atoms with Gasteiger partial charge in [0.1, 0.15) is 0 Å². The van der Waals surface area contributed by atoms with Gasteiger partial charge in [-0.15, -0.1) is 0 Å². The van der Waals surface area contributed by atoms with Gasteiger partial charge in [-0.1, -0.05) is 42.8 Å². The highest BCUT2D eigenvalue weighted by atomic mass is 16.2. The lowest BCUT2D eigenvalue weighted by Gasteiger charge is -2.15. The van der Waals surface area contributed by atoms with Crippen molar-refractivity contribution in [3.63, 3.8) is 0 Å².